The number of benzene rings is 2. The van der Waals surface area contributed by atoms with Crippen LogP contribution in [0.3, 0.4) is 0 Å². The van der Waals surface area contributed by atoms with Crippen molar-refractivity contribution in [2.45, 2.75) is 19.9 Å². The predicted molar refractivity (Wildman–Crippen MR) is 84.2 cm³/mol. The lowest BCUT2D eigenvalue weighted by molar-refractivity contribution is 0.0739. The second-order valence-corrected chi connectivity index (χ2v) is 5.25. The Morgan fingerprint density at radius 3 is 2.43 bits per heavy atom. The monoisotopic (exact) mass is 284 g/mol. The molecule has 0 heterocycles. The van der Waals surface area contributed by atoms with E-state index in [9.17, 15) is 9.90 Å². The number of phenols is 1. The molecule has 0 aliphatic rings. The molecule has 21 heavy (non-hydrogen) atoms. The topological polar surface area (TPSA) is 66.6 Å². The minimum atomic E-state index is -0.257. The number of carbonyl (C=O) groups excluding carboxylic acids is 1. The summed E-state index contributed by atoms with van der Waals surface area (Å²) in [4.78, 5) is 14.1. The van der Waals surface area contributed by atoms with Gasteiger partial charge in [-0.2, -0.15) is 0 Å². The fraction of sp³-hybridized carbons (Fsp3) is 0.235. The van der Waals surface area contributed by atoms with Crippen LogP contribution in [0, 0.1) is 6.92 Å². The highest BCUT2D eigenvalue weighted by molar-refractivity contribution is 5.98. The molecule has 2 rings (SSSR count). The molecule has 0 aliphatic heterocycles. The molecule has 0 spiro atoms. The molecule has 0 saturated heterocycles. The number of aryl methyl sites for hydroxylation is 1. The second-order valence-electron chi connectivity index (χ2n) is 5.25. The van der Waals surface area contributed by atoms with Gasteiger partial charge in [-0.25, -0.2) is 0 Å². The third-order valence-electron chi connectivity index (χ3n) is 3.76. The van der Waals surface area contributed by atoms with Gasteiger partial charge in [0.1, 0.15) is 0 Å². The summed E-state index contributed by atoms with van der Waals surface area (Å²) in [6.07, 6.45) is 0. The molecule has 4 heteroatoms. The summed E-state index contributed by atoms with van der Waals surface area (Å²) in [6, 6.07) is 12.7. The van der Waals surface area contributed by atoms with Crippen molar-refractivity contribution in [2.24, 2.45) is 0 Å². The van der Waals surface area contributed by atoms with Gasteiger partial charge in [0.15, 0.2) is 5.75 Å². The average Bonchev–Trinajstić information content (AvgIpc) is 2.48. The number of carbonyl (C=O) groups is 1. The van der Waals surface area contributed by atoms with Crippen LogP contribution in [-0.4, -0.2) is 23.0 Å². The first-order valence-electron chi connectivity index (χ1n) is 6.83. The number of anilines is 1. The summed E-state index contributed by atoms with van der Waals surface area (Å²) >= 11 is 0. The zero-order valence-corrected chi connectivity index (χ0v) is 12.5. The summed E-state index contributed by atoms with van der Waals surface area (Å²) < 4.78 is 0. The second kappa shape index (κ2) is 5.87. The number of aromatic hydroxyl groups is 1. The van der Waals surface area contributed by atoms with Crippen molar-refractivity contribution in [3.8, 4) is 5.75 Å². The van der Waals surface area contributed by atoms with Gasteiger partial charge in [0, 0.05) is 7.05 Å². The van der Waals surface area contributed by atoms with E-state index in [1.165, 1.54) is 5.56 Å². The van der Waals surface area contributed by atoms with Gasteiger partial charge in [-0.15, -0.1) is 0 Å². The van der Waals surface area contributed by atoms with Gasteiger partial charge in [0.05, 0.1) is 17.3 Å². The molecule has 0 bridgehead atoms. The number of amides is 1. The molecule has 2 aromatic rings. The first-order valence-corrected chi connectivity index (χ1v) is 6.83. The van der Waals surface area contributed by atoms with Gasteiger partial charge in [0.2, 0.25) is 0 Å². The molecule has 1 unspecified atom stereocenters. The third kappa shape index (κ3) is 2.99. The molecule has 0 aliphatic carbocycles. The molecule has 3 N–H and O–H groups in total. The molecular weight excluding hydrogens is 264 g/mol. The number of hydrogen-bond acceptors (Lipinski definition) is 3. The predicted octanol–water partition coefficient (Wildman–Crippen LogP) is 3.12. The van der Waals surface area contributed by atoms with Crippen molar-refractivity contribution < 1.29 is 9.90 Å². The maximum absolute atomic E-state index is 12.5. The summed E-state index contributed by atoms with van der Waals surface area (Å²) in [7, 11) is 1.72. The van der Waals surface area contributed by atoms with Crippen molar-refractivity contribution in [1.29, 1.82) is 0 Å². The van der Waals surface area contributed by atoms with Crippen LogP contribution in [0.25, 0.3) is 0 Å². The largest absolute Gasteiger partial charge is 0.505 e. The Bertz CT molecular complexity index is 650. The average molecular weight is 284 g/mol. The molecule has 4 nitrogen and oxygen atoms in total. The van der Waals surface area contributed by atoms with E-state index in [1.807, 2.05) is 38.1 Å². The lowest BCUT2D eigenvalue weighted by Gasteiger charge is -2.26. The quantitative estimate of drug-likeness (QED) is 0.672. The fourth-order valence-corrected chi connectivity index (χ4v) is 2.17. The van der Waals surface area contributed by atoms with E-state index in [4.69, 9.17) is 5.73 Å². The van der Waals surface area contributed by atoms with E-state index in [0.29, 0.717) is 0 Å². The van der Waals surface area contributed by atoms with Crippen LogP contribution in [0.2, 0.25) is 0 Å². The highest BCUT2D eigenvalue weighted by Crippen LogP contribution is 2.28. The summed E-state index contributed by atoms with van der Waals surface area (Å²) in [5, 5.41) is 9.93. The molecule has 0 aromatic heterocycles. The van der Waals surface area contributed by atoms with E-state index in [1.54, 1.807) is 30.1 Å². The summed E-state index contributed by atoms with van der Waals surface area (Å²) in [5.74, 6) is -0.418. The van der Waals surface area contributed by atoms with Crippen molar-refractivity contribution in [3.63, 3.8) is 0 Å². The highest BCUT2D eigenvalue weighted by Gasteiger charge is 2.22. The van der Waals surface area contributed by atoms with Crippen LogP contribution >= 0.6 is 0 Å². The summed E-state index contributed by atoms with van der Waals surface area (Å²) in [5.41, 5.74) is 8.28. The maximum Gasteiger partial charge on any atom is 0.257 e. The highest BCUT2D eigenvalue weighted by atomic mass is 16.3. The molecule has 2 aromatic carbocycles. The van der Waals surface area contributed by atoms with Gasteiger partial charge >= 0.3 is 0 Å². The van der Waals surface area contributed by atoms with Gasteiger partial charge in [-0.05, 0) is 31.5 Å². The van der Waals surface area contributed by atoms with Gasteiger partial charge in [0.25, 0.3) is 5.91 Å². The van der Waals surface area contributed by atoms with Gasteiger partial charge in [-0.3, -0.25) is 4.79 Å². The van der Waals surface area contributed by atoms with E-state index in [2.05, 4.69) is 0 Å². The number of nitrogens with zero attached hydrogens (tertiary/aromatic N) is 1. The standard InChI is InChI=1S/C17H20N2O2/c1-11-7-9-13(10-8-11)12(2)19(3)17(21)14-5-4-6-15(18)16(14)20/h4-10,12,20H,18H2,1-3H3. The van der Waals surface area contributed by atoms with Crippen LogP contribution < -0.4 is 5.73 Å². The van der Waals surface area contributed by atoms with Crippen LogP contribution in [0.15, 0.2) is 42.5 Å². The van der Waals surface area contributed by atoms with Gasteiger partial charge in [-0.1, -0.05) is 35.9 Å². The molecule has 1 atom stereocenters. The fourth-order valence-electron chi connectivity index (χ4n) is 2.17. The number of hydrogen-bond donors (Lipinski definition) is 2. The summed E-state index contributed by atoms with van der Waals surface area (Å²) in [6.45, 7) is 3.97. The molecule has 1 amide bonds. The Balaban J connectivity index is 2.26. The van der Waals surface area contributed by atoms with Crippen molar-refractivity contribution >= 4 is 11.6 Å². The van der Waals surface area contributed by atoms with Crippen molar-refractivity contribution in [3.05, 3.63) is 59.2 Å². The lowest BCUT2D eigenvalue weighted by atomic mass is 10.0. The Kier molecular flexibility index (Phi) is 4.17. The van der Waals surface area contributed by atoms with Crippen LogP contribution in [0.4, 0.5) is 5.69 Å². The lowest BCUT2D eigenvalue weighted by Crippen LogP contribution is -2.29. The minimum absolute atomic E-state index is 0.0982. The number of nitrogen functional groups attached to an aromatic ring is 1. The van der Waals surface area contributed by atoms with Crippen LogP contribution in [0.5, 0.6) is 5.75 Å². The van der Waals surface area contributed by atoms with E-state index < -0.39 is 0 Å². The molecule has 0 fully saturated rings. The zero-order chi connectivity index (χ0) is 15.6. The Labute approximate surface area is 124 Å². The minimum Gasteiger partial charge on any atom is -0.505 e. The molecule has 0 radical (unpaired) electrons. The van der Waals surface area contributed by atoms with Crippen molar-refractivity contribution in [1.82, 2.24) is 4.90 Å². The van der Waals surface area contributed by atoms with Crippen LogP contribution in [0.1, 0.15) is 34.5 Å². The Hall–Kier alpha value is -2.49. The number of nitrogens with two attached hydrogens (primary N) is 1. The Morgan fingerprint density at radius 1 is 1.19 bits per heavy atom. The molecule has 110 valence electrons. The third-order valence-corrected chi connectivity index (χ3v) is 3.76. The number of para-hydroxylation sites is 1. The molecular formula is C17H20N2O2. The van der Waals surface area contributed by atoms with E-state index in [0.717, 1.165) is 5.56 Å². The van der Waals surface area contributed by atoms with Gasteiger partial charge < -0.3 is 15.7 Å². The Morgan fingerprint density at radius 2 is 1.81 bits per heavy atom. The molecule has 0 saturated carbocycles. The smallest absolute Gasteiger partial charge is 0.257 e. The zero-order valence-electron chi connectivity index (χ0n) is 12.5. The van der Waals surface area contributed by atoms with Crippen molar-refractivity contribution in [2.75, 3.05) is 12.8 Å². The maximum atomic E-state index is 12.5. The normalized spacial score (nSPS) is 12.0. The number of phenolic OH excluding ortho intramolecular Hbond substituents is 1. The number of rotatable bonds is 3. The van der Waals surface area contributed by atoms with E-state index in [-0.39, 0.29) is 28.9 Å². The first kappa shape index (κ1) is 14.9. The SMILES string of the molecule is Cc1ccc(C(C)N(C)C(=O)c2cccc(N)c2O)cc1. The van der Waals surface area contributed by atoms with E-state index >= 15 is 0 Å². The van der Waals surface area contributed by atoms with Crippen LogP contribution in [-0.2, 0) is 0 Å². The first-order chi connectivity index (χ1) is 9.91.